The van der Waals surface area contributed by atoms with Crippen LogP contribution < -0.4 is 5.32 Å². The maximum Gasteiger partial charge on any atom is 0.335 e. The molecule has 2 rings (SSSR count). The van der Waals surface area contributed by atoms with Crippen molar-refractivity contribution in [1.82, 2.24) is 0 Å². The fraction of sp³-hybridized carbons (Fsp3) is 0. The van der Waals surface area contributed by atoms with Crippen molar-refractivity contribution < 1.29 is 14.7 Å². The topological polar surface area (TPSA) is 66.4 Å². The van der Waals surface area contributed by atoms with Gasteiger partial charge in [0.25, 0.3) is 5.91 Å². The maximum absolute atomic E-state index is 12.2. The van der Waals surface area contributed by atoms with Gasteiger partial charge in [0.2, 0.25) is 0 Å². The van der Waals surface area contributed by atoms with E-state index in [2.05, 4.69) is 21.2 Å². The van der Waals surface area contributed by atoms with Crippen molar-refractivity contribution in [3.63, 3.8) is 0 Å². The van der Waals surface area contributed by atoms with E-state index in [1.165, 1.54) is 24.3 Å². The smallest absolute Gasteiger partial charge is 0.335 e. The molecule has 0 unspecified atom stereocenters. The number of hydrogen-bond donors (Lipinski definition) is 2. The summed E-state index contributed by atoms with van der Waals surface area (Å²) in [6, 6.07) is 8.88. The first-order valence-electron chi connectivity index (χ1n) is 5.67. The molecule has 1 amide bonds. The van der Waals surface area contributed by atoms with E-state index in [0.29, 0.717) is 20.7 Å². The van der Waals surface area contributed by atoms with Crippen molar-refractivity contribution >= 4 is 56.7 Å². The lowest BCUT2D eigenvalue weighted by atomic mass is 10.2. The van der Waals surface area contributed by atoms with Crippen LogP contribution in [0.1, 0.15) is 20.7 Å². The third-order valence-corrected chi connectivity index (χ3v) is 3.88. The van der Waals surface area contributed by atoms with Gasteiger partial charge in [0.15, 0.2) is 0 Å². The summed E-state index contributed by atoms with van der Waals surface area (Å²) < 4.78 is 0.586. The van der Waals surface area contributed by atoms with Crippen molar-refractivity contribution in [2.75, 3.05) is 5.32 Å². The third-order valence-electron chi connectivity index (χ3n) is 2.64. The molecule has 0 radical (unpaired) electrons. The second-order valence-corrected chi connectivity index (χ2v) is 5.78. The number of aromatic carboxylic acids is 1. The minimum Gasteiger partial charge on any atom is -0.478 e. The molecule has 2 aromatic rings. The number of carboxylic acids is 1. The molecule has 0 atom stereocenters. The average molecular weight is 389 g/mol. The highest BCUT2D eigenvalue weighted by molar-refractivity contribution is 9.10. The number of halogens is 3. The van der Waals surface area contributed by atoms with Crippen LogP contribution in [0.3, 0.4) is 0 Å². The highest BCUT2D eigenvalue weighted by Crippen LogP contribution is 2.26. The summed E-state index contributed by atoms with van der Waals surface area (Å²) in [5.41, 5.74) is 0.710. The lowest BCUT2D eigenvalue weighted by Gasteiger charge is -2.09. The van der Waals surface area contributed by atoms with Crippen molar-refractivity contribution in [2.24, 2.45) is 0 Å². The lowest BCUT2D eigenvalue weighted by Crippen LogP contribution is -2.13. The largest absolute Gasteiger partial charge is 0.478 e. The molecule has 7 heteroatoms. The van der Waals surface area contributed by atoms with E-state index < -0.39 is 11.9 Å². The zero-order valence-corrected chi connectivity index (χ0v) is 13.5. The van der Waals surface area contributed by atoms with E-state index >= 15 is 0 Å². The fourth-order valence-electron chi connectivity index (χ4n) is 1.61. The van der Waals surface area contributed by atoms with Crippen LogP contribution in [-0.4, -0.2) is 17.0 Å². The minimum atomic E-state index is -1.09. The molecule has 21 heavy (non-hydrogen) atoms. The molecule has 0 bridgehead atoms. The third kappa shape index (κ3) is 3.75. The summed E-state index contributed by atoms with van der Waals surface area (Å²) in [4.78, 5) is 23.0. The monoisotopic (exact) mass is 387 g/mol. The van der Waals surface area contributed by atoms with E-state index in [1.807, 2.05) is 0 Å². The Morgan fingerprint density at radius 1 is 1.10 bits per heavy atom. The Morgan fingerprint density at radius 2 is 1.81 bits per heavy atom. The molecule has 0 aliphatic heterocycles. The first-order chi connectivity index (χ1) is 9.88. The van der Waals surface area contributed by atoms with Gasteiger partial charge in [0.05, 0.1) is 21.8 Å². The summed E-state index contributed by atoms with van der Waals surface area (Å²) in [7, 11) is 0. The fourth-order valence-corrected chi connectivity index (χ4v) is 2.44. The normalized spacial score (nSPS) is 10.2. The van der Waals surface area contributed by atoms with Gasteiger partial charge in [-0.05, 0) is 52.3 Å². The van der Waals surface area contributed by atoms with Gasteiger partial charge in [0, 0.05) is 9.50 Å². The van der Waals surface area contributed by atoms with Crippen LogP contribution in [0.25, 0.3) is 0 Å². The first kappa shape index (κ1) is 15.8. The molecule has 2 aromatic carbocycles. The van der Waals surface area contributed by atoms with Gasteiger partial charge < -0.3 is 10.4 Å². The number of amides is 1. The van der Waals surface area contributed by atoms with Gasteiger partial charge in [-0.1, -0.05) is 23.2 Å². The Bertz CT molecular complexity index is 734. The second-order valence-electron chi connectivity index (χ2n) is 4.08. The van der Waals surface area contributed by atoms with Gasteiger partial charge in [-0.15, -0.1) is 0 Å². The minimum absolute atomic E-state index is 0.0435. The zero-order valence-electron chi connectivity index (χ0n) is 10.4. The molecular weight excluding hydrogens is 381 g/mol. The summed E-state index contributed by atoms with van der Waals surface area (Å²) in [6.07, 6.45) is 0. The van der Waals surface area contributed by atoms with Crippen molar-refractivity contribution in [3.05, 3.63) is 62.0 Å². The standard InChI is InChI=1S/C14H8BrCl2NO3/c15-10-3-2-8(16)6-9(10)13(19)18-12-4-1-7(14(20)21)5-11(12)17/h1-6H,(H,18,19)(H,20,21). The molecule has 108 valence electrons. The van der Waals surface area contributed by atoms with Crippen LogP contribution >= 0.6 is 39.1 Å². The second kappa shape index (κ2) is 6.47. The highest BCUT2D eigenvalue weighted by atomic mass is 79.9. The Morgan fingerprint density at radius 3 is 2.43 bits per heavy atom. The van der Waals surface area contributed by atoms with Gasteiger partial charge in [-0.3, -0.25) is 4.79 Å². The molecule has 2 N–H and O–H groups in total. The maximum atomic E-state index is 12.2. The van der Waals surface area contributed by atoms with Crippen LogP contribution in [0.2, 0.25) is 10.0 Å². The van der Waals surface area contributed by atoms with Gasteiger partial charge in [0.1, 0.15) is 0 Å². The van der Waals surface area contributed by atoms with E-state index in [0.717, 1.165) is 0 Å². The number of carbonyl (C=O) groups is 2. The van der Waals surface area contributed by atoms with Gasteiger partial charge in [-0.2, -0.15) is 0 Å². The number of hydrogen-bond acceptors (Lipinski definition) is 2. The van der Waals surface area contributed by atoms with Crippen molar-refractivity contribution in [2.45, 2.75) is 0 Å². The highest BCUT2D eigenvalue weighted by Gasteiger charge is 2.13. The summed E-state index contributed by atoms with van der Waals surface area (Å²) in [5.74, 6) is -1.50. The molecule has 0 fully saturated rings. The van der Waals surface area contributed by atoms with Gasteiger partial charge in [-0.25, -0.2) is 4.79 Å². The molecule has 0 aliphatic carbocycles. The van der Waals surface area contributed by atoms with E-state index in [4.69, 9.17) is 28.3 Å². The van der Waals surface area contributed by atoms with Crippen LogP contribution in [0.5, 0.6) is 0 Å². The number of nitrogens with one attached hydrogen (secondary N) is 1. The number of carbonyl (C=O) groups excluding carboxylic acids is 1. The molecule has 0 spiro atoms. The molecule has 4 nitrogen and oxygen atoms in total. The molecule has 0 saturated carbocycles. The zero-order chi connectivity index (χ0) is 15.6. The SMILES string of the molecule is O=C(O)c1ccc(NC(=O)c2cc(Cl)ccc2Br)c(Cl)c1. The van der Waals surface area contributed by atoms with E-state index in [1.54, 1.807) is 12.1 Å². The van der Waals surface area contributed by atoms with Crippen LogP contribution in [0, 0.1) is 0 Å². The molecule has 0 heterocycles. The Kier molecular flexibility index (Phi) is 4.88. The molecule has 0 aromatic heterocycles. The molecule has 0 aliphatic rings. The van der Waals surface area contributed by atoms with E-state index in [9.17, 15) is 9.59 Å². The first-order valence-corrected chi connectivity index (χ1v) is 7.22. The molecule has 0 saturated heterocycles. The number of benzene rings is 2. The number of carboxylic acid groups (broad SMARTS) is 1. The van der Waals surface area contributed by atoms with Crippen LogP contribution in [0.4, 0.5) is 5.69 Å². The van der Waals surface area contributed by atoms with Crippen LogP contribution in [-0.2, 0) is 0 Å². The molecular formula is C14H8BrCl2NO3. The van der Waals surface area contributed by atoms with Crippen molar-refractivity contribution in [3.8, 4) is 0 Å². The van der Waals surface area contributed by atoms with Crippen molar-refractivity contribution in [1.29, 1.82) is 0 Å². The summed E-state index contributed by atoms with van der Waals surface area (Å²) >= 11 is 15.1. The Hall–Kier alpha value is -1.56. The quantitative estimate of drug-likeness (QED) is 0.800. The average Bonchev–Trinajstić information content (AvgIpc) is 2.43. The summed E-state index contributed by atoms with van der Waals surface area (Å²) in [6.45, 7) is 0. The predicted octanol–water partition coefficient (Wildman–Crippen LogP) is 4.71. The Balaban J connectivity index is 2.27. The van der Waals surface area contributed by atoms with Gasteiger partial charge >= 0.3 is 5.97 Å². The number of rotatable bonds is 3. The number of anilines is 1. The summed E-state index contributed by atoms with van der Waals surface area (Å²) in [5, 5.41) is 12.0. The lowest BCUT2D eigenvalue weighted by molar-refractivity contribution is 0.0696. The predicted molar refractivity (Wildman–Crippen MR) is 85.5 cm³/mol. The Labute approximate surface area is 138 Å². The van der Waals surface area contributed by atoms with Crippen LogP contribution in [0.15, 0.2) is 40.9 Å². The van der Waals surface area contributed by atoms with E-state index in [-0.39, 0.29) is 10.6 Å².